The van der Waals surface area contributed by atoms with Gasteiger partial charge in [0.05, 0.1) is 5.69 Å². The monoisotopic (exact) mass is 353 g/mol. The zero-order valence-corrected chi connectivity index (χ0v) is 15.4. The molecular formula is C20H23N3OS. The number of nitrogens with one attached hydrogen (secondary N) is 1. The maximum absolute atomic E-state index is 12.7. The van der Waals surface area contributed by atoms with Gasteiger partial charge in [-0.2, -0.15) is 0 Å². The van der Waals surface area contributed by atoms with Crippen molar-refractivity contribution in [2.45, 2.75) is 39.2 Å². The van der Waals surface area contributed by atoms with Crippen molar-refractivity contribution in [2.24, 2.45) is 0 Å². The van der Waals surface area contributed by atoms with Crippen LogP contribution in [-0.4, -0.2) is 21.5 Å². The van der Waals surface area contributed by atoms with Crippen LogP contribution in [0, 0.1) is 0 Å². The average molecular weight is 353 g/mol. The Kier molecular flexibility index (Phi) is 5.66. The predicted octanol–water partition coefficient (Wildman–Crippen LogP) is 4.25. The summed E-state index contributed by atoms with van der Waals surface area (Å²) in [4.78, 5) is 18.0. The first-order valence-corrected chi connectivity index (χ1v) is 9.47. The molecule has 0 saturated heterocycles. The quantitative estimate of drug-likeness (QED) is 0.690. The molecule has 1 N–H and O–H groups in total. The molecule has 1 aromatic carbocycles. The lowest BCUT2D eigenvalue weighted by Crippen LogP contribution is -2.32. The smallest absolute Gasteiger partial charge is 0.263 e. The van der Waals surface area contributed by atoms with Crippen molar-refractivity contribution in [3.05, 3.63) is 71.0 Å². The minimum atomic E-state index is -0.0201. The highest BCUT2D eigenvalue weighted by molar-refractivity contribution is 7.16. The number of carbonyl (C=O) groups excluding carboxylic acids is 1. The normalized spacial score (nSPS) is 12.1. The molecule has 0 aliphatic heterocycles. The Labute approximate surface area is 152 Å². The summed E-state index contributed by atoms with van der Waals surface area (Å²) in [6, 6.07) is 14.4. The summed E-state index contributed by atoms with van der Waals surface area (Å²) in [5.74, 6) is -0.0201. The summed E-state index contributed by atoms with van der Waals surface area (Å²) >= 11 is 1.45. The number of hydrogen-bond donors (Lipinski definition) is 1. The molecule has 0 saturated carbocycles. The third kappa shape index (κ3) is 4.37. The van der Waals surface area contributed by atoms with E-state index in [1.54, 1.807) is 0 Å². The second kappa shape index (κ2) is 8.12. The summed E-state index contributed by atoms with van der Waals surface area (Å²) in [7, 11) is 0. The minimum absolute atomic E-state index is 0.0201. The fraction of sp³-hybridized carbons (Fsp3) is 0.300. The molecule has 2 aromatic heterocycles. The highest BCUT2D eigenvalue weighted by atomic mass is 32.1. The van der Waals surface area contributed by atoms with Crippen LogP contribution in [0.2, 0.25) is 0 Å². The minimum Gasteiger partial charge on any atom is -0.349 e. The molecule has 4 nitrogen and oxygen atoms in total. The van der Waals surface area contributed by atoms with Gasteiger partial charge in [0.15, 0.2) is 5.13 Å². The first kappa shape index (κ1) is 17.4. The number of aryl methyl sites for hydroxylation is 2. The molecule has 0 fully saturated rings. The number of rotatable bonds is 7. The fourth-order valence-electron chi connectivity index (χ4n) is 2.72. The third-order valence-corrected chi connectivity index (χ3v) is 5.25. The summed E-state index contributed by atoms with van der Waals surface area (Å²) in [5, 5.41) is 3.96. The van der Waals surface area contributed by atoms with E-state index in [4.69, 9.17) is 0 Å². The lowest BCUT2D eigenvalue weighted by Gasteiger charge is -2.13. The van der Waals surface area contributed by atoms with Crippen LogP contribution >= 0.6 is 11.3 Å². The number of carbonyl (C=O) groups is 1. The molecule has 2 heterocycles. The molecule has 1 amide bonds. The fourth-order valence-corrected chi connectivity index (χ4v) is 3.74. The maximum Gasteiger partial charge on any atom is 0.263 e. The molecule has 25 heavy (non-hydrogen) atoms. The van der Waals surface area contributed by atoms with Crippen molar-refractivity contribution in [1.82, 2.24) is 14.9 Å². The predicted molar refractivity (Wildman–Crippen MR) is 103 cm³/mol. The van der Waals surface area contributed by atoms with E-state index < -0.39 is 0 Å². The summed E-state index contributed by atoms with van der Waals surface area (Å²) < 4.78 is 1.94. The molecule has 3 aromatic rings. The van der Waals surface area contributed by atoms with E-state index in [1.165, 1.54) is 16.9 Å². The number of amides is 1. The van der Waals surface area contributed by atoms with Crippen LogP contribution in [0.5, 0.6) is 0 Å². The molecule has 130 valence electrons. The Bertz CT molecular complexity index is 809. The Morgan fingerprint density at radius 2 is 1.92 bits per heavy atom. The Hall–Kier alpha value is -2.40. The van der Waals surface area contributed by atoms with Crippen molar-refractivity contribution < 1.29 is 4.79 Å². The van der Waals surface area contributed by atoms with Crippen LogP contribution in [0.15, 0.2) is 54.9 Å². The average Bonchev–Trinajstić information content (AvgIpc) is 3.30. The van der Waals surface area contributed by atoms with Gasteiger partial charge in [-0.1, -0.05) is 48.6 Å². The van der Waals surface area contributed by atoms with Crippen molar-refractivity contribution in [1.29, 1.82) is 0 Å². The molecule has 0 radical (unpaired) electrons. The first-order valence-electron chi connectivity index (χ1n) is 8.65. The number of nitrogens with zero attached hydrogens (tertiary/aromatic N) is 2. The topological polar surface area (TPSA) is 46.9 Å². The van der Waals surface area contributed by atoms with Crippen LogP contribution < -0.4 is 5.32 Å². The molecule has 0 bridgehead atoms. The van der Waals surface area contributed by atoms with E-state index in [0.29, 0.717) is 0 Å². The van der Waals surface area contributed by atoms with Gasteiger partial charge in [0.2, 0.25) is 0 Å². The second-order valence-corrected chi connectivity index (χ2v) is 7.09. The largest absolute Gasteiger partial charge is 0.349 e. The van der Waals surface area contributed by atoms with E-state index in [2.05, 4.69) is 29.4 Å². The molecule has 0 aliphatic carbocycles. The van der Waals surface area contributed by atoms with Gasteiger partial charge in [0.25, 0.3) is 5.91 Å². The molecular weight excluding hydrogens is 330 g/mol. The zero-order chi connectivity index (χ0) is 17.6. The Balaban J connectivity index is 1.64. The van der Waals surface area contributed by atoms with E-state index in [9.17, 15) is 4.79 Å². The zero-order valence-electron chi connectivity index (χ0n) is 14.6. The van der Waals surface area contributed by atoms with Crippen molar-refractivity contribution >= 4 is 17.2 Å². The van der Waals surface area contributed by atoms with Crippen LogP contribution in [0.1, 0.15) is 41.2 Å². The van der Waals surface area contributed by atoms with Gasteiger partial charge in [-0.3, -0.25) is 4.79 Å². The van der Waals surface area contributed by atoms with E-state index in [0.717, 1.165) is 35.0 Å². The highest BCUT2D eigenvalue weighted by Gasteiger charge is 2.19. The van der Waals surface area contributed by atoms with Crippen LogP contribution in [0.25, 0.3) is 5.13 Å². The lowest BCUT2D eigenvalue weighted by molar-refractivity contribution is 0.0941. The number of thiazole rings is 1. The molecule has 1 atom stereocenters. The summed E-state index contributed by atoms with van der Waals surface area (Å²) in [6.45, 7) is 4.09. The van der Waals surface area contributed by atoms with Gasteiger partial charge < -0.3 is 9.88 Å². The first-order chi connectivity index (χ1) is 12.2. The van der Waals surface area contributed by atoms with E-state index in [-0.39, 0.29) is 11.9 Å². The molecule has 1 unspecified atom stereocenters. The van der Waals surface area contributed by atoms with Gasteiger partial charge >= 0.3 is 0 Å². The lowest BCUT2D eigenvalue weighted by atomic mass is 10.1. The van der Waals surface area contributed by atoms with E-state index >= 15 is 0 Å². The summed E-state index contributed by atoms with van der Waals surface area (Å²) in [5.41, 5.74) is 2.16. The Morgan fingerprint density at radius 1 is 1.20 bits per heavy atom. The SMILES string of the molecule is CCc1nc(-n2cccc2)sc1C(=O)NC(C)CCc1ccccc1. The van der Waals surface area contributed by atoms with E-state index in [1.807, 2.05) is 54.2 Å². The number of hydrogen-bond acceptors (Lipinski definition) is 3. The third-order valence-electron chi connectivity index (χ3n) is 4.14. The van der Waals surface area contributed by atoms with Crippen LogP contribution in [0.3, 0.4) is 0 Å². The number of aromatic nitrogens is 2. The van der Waals surface area contributed by atoms with Crippen molar-refractivity contribution in [3.63, 3.8) is 0 Å². The summed E-state index contributed by atoms with van der Waals surface area (Å²) in [6.07, 6.45) is 6.52. The van der Waals surface area contributed by atoms with Crippen molar-refractivity contribution in [2.75, 3.05) is 0 Å². The highest BCUT2D eigenvalue weighted by Crippen LogP contribution is 2.23. The van der Waals surface area contributed by atoms with Gasteiger partial charge in [-0.15, -0.1) is 0 Å². The van der Waals surface area contributed by atoms with Gasteiger partial charge in [-0.25, -0.2) is 4.98 Å². The van der Waals surface area contributed by atoms with Gasteiger partial charge in [0.1, 0.15) is 4.88 Å². The van der Waals surface area contributed by atoms with Gasteiger partial charge in [0, 0.05) is 18.4 Å². The molecule has 5 heteroatoms. The standard InChI is InChI=1S/C20H23N3OS/c1-3-17-18(25-20(22-17)23-13-7-8-14-23)19(24)21-15(2)11-12-16-9-5-4-6-10-16/h4-10,13-15H,3,11-12H2,1-2H3,(H,21,24). The van der Waals surface area contributed by atoms with Gasteiger partial charge in [-0.05, 0) is 43.9 Å². The maximum atomic E-state index is 12.7. The van der Waals surface area contributed by atoms with Crippen LogP contribution in [0.4, 0.5) is 0 Å². The van der Waals surface area contributed by atoms with Crippen LogP contribution in [-0.2, 0) is 12.8 Å². The molecule has 0 aliphatic rings. The molecule has 0 spiro atoms. The van der Waals surface area contributed by atoms with Crippen molar-refractivity contribution in [3.8, 4) is 5.13 Å². The Morgan fingerprint density at radius 3 is 2.60 bits per heavy atom. The second-order valence-electron chi connectivity index (χ2n) is 6.11. The number of benzene rings is 1. The molecule has 3 rings (SSSR count).